The Hall–Kier alpha value is -2.03. The molecule has 0 N–H and O–H groups in total. The predicted octanol–water partition coefficient (Wildman–Crippen LogP) is 5.28. The molecule has 1 unspecified atom stereocenters. The average Bonchev–Trinajstić information content (AvgIpc) is 2.92. The number of unbranched alkanes of at least 4 members (excludes halogenated alkanes) is 4. The van der Waals surface area contributed by atoms with Crippen LogP contribution in [0, 0.1) is 0 Å². The number of carbonyl (C=O) groups excluding carboxylic acids is 1. The Morgan fingerprint density at radius 1 is 1.12 bits per heavy atom. The molecule has 0 saturated carbocycles. The lowest BCUT2D eigenvalue weighted by Crippen LogP contribution is -2.13. The largest absolute Gasteiger partial charge is 0.484 e. The highest BCUT2D eigenvalue weighted by Gasteiger charge is 2.35. The molecule has 2 rings (SSSR count). The third kappa shape index (κ3) is 4.50. The van der Waals surface area contributed by atoms with Crippen LogP contribution < -0.4 is 0 Å². The van der Waals surface area contributed by atoms with Crippen molar-refractivity contribution in [3.05, 3.63) is 53.6 Å². The van der Waals surface area contributed by atoms with E-state index in [-0.39, 0.29) is 12.1 Å². The van der Waals surface area contributed by atoms with E-state index in [1.807, 2.05) is 37.3 Å². The van der Waals surface area contributed by atoms with E-state index >= 15 is 0 Å². The van der Waals surface area contributed by atoms with E-state index in [2.05, 4.69) is 13.5 Å². The average molecular weight is 328 g/mol. The summed E-state index contributed by atoms with van der Waals surface area (Å²) in [6.07, 6.45) is 6.80. The number of hydrogen-bond acceptors (Lipinski definition) is 3. The molecule has 0 radical (unpaired) electrons. The first kappa shape index (κ1) is 18.3. The topological polar surface area (TPSA) is 35.5 Å². The number of benzene rings is 1. The monoisotopic (exact) mass is 328 g/mol. The van der Waals surface area contributed by atoms with Gasteiger partial charge in [-0.25, -0.2) is 4.79 Å². The van der Waals surface area contributed by atoms with Crippen LogP contribution in [-0.4, -0.2) is 18.7 Å². The van der Waals surface area contributed by atoms with Gasteiger partial charge in [-0.05, 0) is 19.8 Å². The molecule has 24 heavy (non-hydrogen) atoms. The van der Waals surface area contributed by atoms with E-state index in [9.17, 15) is 4.79 Å². The van der Waals surface area contributed by atoms with E-state index in [0.717, 1.165) is 24.0 Å². The molecule has 0 aromatic heterocycles. The molecule has 1 aromatic carbocycles. The van der Waals surface area contributed by atoms with Crippen molar-refractivity contribution in [1.29, 1.82) is 0 Å². The van der Waals surface area contributed by atoms with Crippen molar-refractivity contribution >= 4 is 11.7 Å². The van der Waals surface area contributed by atoms with Gasteiger partial charge in [0.25, 0.3) is 0 Å². The molecule has 0 fully saturated rings. The van der Waals surface area contributed by atoms with Crippen LogP contribution in [0.15, 0.2) is 48.1 Å². The number of hydrogen-bond donors (Lipinski definition) is 0. The van der Waals surface area contributed by atoms with Gasteiger partial charge in [-0.15, -0.1) is 0 Å². The molecule has 0 bridgehead atoms. The first-order chi connectivity index (χ1) is 11.7. The third-order valence-corrected chi connectivity index (χ3v) is 4.28. The van der Waals surface area contributed by atoms with Gasteiger partial charge >= 0.3 is 5.97 Å². The first-order valence-electron chi connectivity index (χ1n) is 9.01. The Morgan fingerprint density at radius 2 is 1.83 bits per heavy atom. The Labute approximate surface area is 145 Å². The van der Waals surface area contributed by atoms with Gasteiger partial charge < -0.3 is 9.47 Å². The second kappa shape index (κ2) is 9.31. The minimum atomic E-state index is -0.338. The van der Waals surface area contributed by atoms with Crippen LogP contribution in [0.4, 0.5) is 0 Å². The molecule has 0 aliphatic carbocycles. The lowest BCUT2D eigenvalue weighted by molar-refractivity contribution is -0.138. The predicted molar refractivity (Wildman–Crippen MR) is 97.4 cm³/mol. The fraction of sp³-hybridized carbons (Fsp3) is 0.476. The van der Waals surface area contributed by atoms with E-state index in [1.54, 1.807) is 0 Å². The summed E-state index contributed by atoms with van der Waals surface area (Å²) < 4.78 is 11.3. The van der Waals surface area contributed by atoms with E-state index in [0.29, 0.717) is 17.9 Å². The van der Waals surface area contributed by atoms with Crippen molar-refractivity contribution < 1.29 is 14.3 Å². The molecular formula is C21H28O3. The maximum atomic E-state index is 12.4. The van der Waals surface area contributed by atoms with Crippen molar-refractivity contribution in [2.24, 2.45) is 0 Å². The number of ether oxygens (including phenoxy) is 2. The first-order valence-corrected chi connectivity index (χ1v) is 9.01. The van der Waals surface area contributed by atoms with Gasteiger partial charge in [0.05, 0.1) is 6.61 Å². The number of esters is 1. The van der Waals surface area contributed by atoms with Crippen molar-refractivity contribution in [3.8, 4) is 0 Å². The molecule has 3 nitrogen and oxygen atoms in total. The zero-order valence-corrected chi connectivity index (χ0v) is 14.8. The number of carbonyl (C=O) groups is 1. The molecule has 1 aromatic rings. The van der Waals surface area contributed by atoms with Crippen molar-refractivity contribution in [3.63, 3.8) is 0 Å². The lowest BCUT2D eigenvalue weighted by atomic mass is 9.98. The standard InChI is InChI=1S/C21H28O3/c1-4-6-7-8-12-15-18-16(3)19(21(22)23-5-2)20(24-18)17-13-10-9-11-14-17/h9-11,13-14,18H,3-8,12,15H2,1-2H3. The van der Waals surface area contributed by atoms with Crippen LogP contribution in [0.1, 0.15) is 57.9 Å². The van der Waals surface area contributed by atoms with Gasteiger partial charge in [-0.1, -0.05) is 69.5 Å². The molecule has 1 heterocycles. The quantitative estimate of drug-likeness (QED) is 0.457. The van der Waals surface area contributed by atoms with E-state index in [4.69, 9.17) is 9.47 Å². The molecular weight excluding hydrogens is 300 g/mol. The van der Waals surface area contributed by atoms with Crippen LogP contribution in [0.25, 0.3) is 5.76 Å². The summed E-state index contributed by atoms with van der Waals surface area (Å²) in [5.74, 6) is 0.271. The zero-order valence-electron chi connectivity index (χ0n) is 14.8. The smallest absolute Gasteiger partial charge is 0.342 e. The molecule has 3 heteroatoms. The van der Waals surface area contributed by atoms with Crippen LogP contribution in [0.3, 0.4) is 0 Å². The fourth-order valence-corrected chi connectivity index (χ4v) is 2.97. The summed E-state index contributed by atoms with van der Waals surface area (Å²) >= 11 is 0. The highest BCUT2D eigenvalue weighted by molar-refractivity contribution is 6.02. The summed E-state index contributed by atoms with van der Waals surface area (Å²) in [7, 11) is 0. The summed E-state index contributed by atoms with van der Waals surface area (Å²) in [6, 6.07) is 9.73. The molecule has 130 valence electrons. The van der Waals surface area contributed by atoms with Gasteiger partial charge in [-0.3, -0.25) is 0 Å². The van der Waals surface area contributed by atoms with E-state index < -0.39 is 0 Å². The Balaban J connectivity index is 2.11. The maximum absolute atomic E-state index is 12.4. The molecule has 0 amide bonds. The van der Waals surface area contributed by atoms with E-state index in [1.165, 1.54) is 25.7 Å². The van der Waals surface area contributed by atoms with Crippen LogP contribution in [0.2, 0.25) is 0 Å². The summed E-state index contributed by atoms with van der Waals surface area (Å²) in [5, 5.41) is 0. The fourth-order valence-electron chi connectivity index (χ4n) is 2.97. The second-order valence-corrected chi connectivity index (χ2v) is 6.13. The van der Waals surface area contributed by atoms with Gasteiger partial charge in [0.15, 0.2) is 0 Å². The van der Waals surface area contributed by atoms with Crippen molar-refractivity contribution in [1.82, 2.24) is 0 Å². The van der Waals surface area contributed by atoms with Crippen molar-refractivity contribution in [2.45, 2.75) is 58.5 Å². The van der Waals surface area contributed by atoms with Crippen LogP contribution in [0.5, 0.6) is 0 Å². The van der Waals surface area contributed by atoms with Crippen LogP contribution >= 0.6 is 0 Å². The molecule has 1 aliphatic rings. The maximum Gasteiger partial charge on any atom is 0.342 e. The highest BCUT2D eigenvalue weighted by Crippen LogP contribution is 2.38. The third-order valence-electron chi connectivity index (χ3n) is 4.28. The van der Waals surface area contributed by atoms with Gasteiger partial charge in [0.1, 0.15) is 17.4 Å². The normalized spacial score (nSPS) is 17.1. The van der Waals surface area contributed by atoms with Gasteiger partial charge in [-0.2, -0.15) is 0 Å². The summed E-state index contributed by atoms with van der Waals surface area (Å²) in [5.41, 5.74) is 2.15. The Morgan fingerprint density at radius 3 is 2.50 bits per heavy atom. The second-order valence-electron chi connectivity index (χ2n) is 6.13. The Bertz CT molecular complexity index is 586. The van der Waals surface area contributed by atoms with Crippen LogP contribution in [-0.2, 0) is 14.3 Å². The molecule has 1 aliphatic heterocycles. The highest BCUT2D eigenvalue weighted by atomic mass is 16.5. The van der Waals surface area contributed by atoms with Crippen molar-refractivity contribution in [2.75, 3.05) is 6.61 Å². The number of rotatable bonds is 9. The lowest BCUT2D eigenvalue weighted by Gasteiger charge is -2.14. The zero-order chi connectivity index (χ0) is 17.4. The molecule has 0 saturated heterocycles. The van der Waals surface area contributed by atoms with Gasteiger partial charge in [0.2, 0.25) is 0 Å². The minimum absolute atomic E-state index is 0.124. The SMILES string of the molecule is C=C1C(C(=O)OCC)=C(c2ccccc2)OC1CCCCCCC. The molecule has 1 atom stereocenters. The summed E-state index contributed by atoms with van der Waals surface area (Å²) in [4.78, 5) is 12.4. The van der Waals surface area contributed by atoms with Gasteiger partial charge in [0, 0.05) is 11.1 Å². The minimum Gasteiger partial charge on any atom is -0.484 e. The summed E-state index contributed by atoms with van der Waals surface area (Å²) in [6.45, 7) is 8.50. The Kier molecular flexibility index (Phi) is 7.10. The molecule has 0 spiro atoms.